The Balaban J connectivity index is 0. The highest BCUT2D eigenvalue weighted by Crippen LogP contribution is 2.19. The van der Waals surface area contributed by atoms with Crippen molar-refractivity contribution in [3.8, 4) is 0 Å². The lowest BCUT2D eigenvalue weighted by molar-refractivity contribution is -0.149. The van der Waals surface area contributed by atoms with Crippen LogP contribution in [0.3, 0.4) is 0 Å². The van der Waals surface area contributed by atoms with Crippen LogP contribution in [0.2, 0.25) is 0 Å². The molecule has 1 unspecified atom stereocenters. The lowest BCUT2D eigenvalue weighted by Crippen LogP contribution is -2.41. The van der Waals surface area contributed by atoms with Gasteiger partial charge >= 0.3 is 5.97 Å². The van der Waals surface area contributed by atoms with Gasteiger partial charge in [0.25, 0.3) is 0 Å². The number of aliphatic hydroxyl groups is 2. The normalized spacial score (nSPS) is 12.5. The van der Waals surface area contributed by atoms with Crippen molar-refractivity contribution < 1.29 is 19.7 Å². The number of unbranched alkanes of at least 4 members (excludes halogenated alkanes) is 3. The standard InChI is InChI=1S/C25H50N2O4.C2H6/c1-6-9-10-11-15-24(14-8-3)31-25(30)17-16-22(13-7-2)27(23(20-28)21-29)19-12-18-26(4)5;1-2/h13,23-24,28-29H,6-12,14-21H2,1-5H3;1-2H3/b22-13-;. The number of ether oxygens (including phenoxy) is 1. The summed E-state index contributed by atoms with van der Waals surface area (Å²) < 4.78 is 5.82. The third-order valence-corrected chi connectivity index (χ3v) is 5.55. The van der Waals surface area contributed by atoms with Crippen molar-refractivity contribution in [3.05, 3.63) is 11.8 Å². The molecular weight excluding hydrogens is 416 g/mol. The Morgan fingerprint density at radius 1 is 0.879 bits per heavy atom. The Kier molecular flexibility index (Phi) is 24.8. The molecule has 1 atom stereocenters. The van der Waals surface area contributed by atoms with Crippen LogP contribution in [0.4, 0.5) is 0 Å². The molecule has 0 rings (SSSR count). The van der Waals surface area contributed by atoms with Gasteiger partial charge in [0.15, 0.2) is 0 Å². The quantitative estimate of drug-likeness (QED) is 0.183. The maximum atomic E-state index is 12.6. The lowest BCUT2D eigenvalue weighted by Gasteiger charge is -2.34. The zero-order chi connectivity index (χ0) is 25.5. The minimum Gasteiger partial charge on any atom is -0.462 e. The Hall–Kier alpha value is -1.11. The summed E-state index contributed by atoms with van der Waals surface area (Å²) in [4.78, 5) is 16.8. The van der Waals surface area contributed by atoms with Crippen molar-refractivity contribution in [2.75, 3.05) is 40.4 Å². The Morgan fingerprint density at radius 3 is 2.06 bits per heavy atom. The summed E-state index contributed by atoms with van der Waals surface area (Å²) in [6, 6.07) is -0.345. The van der Waals surface area contributed by atoms with E-state index >= 15 is 0 Å². The van der Waals surface area contributed by atoms with Gasteiger partial charge < -0.3 is 24.7 Å². The summed E-state index contributed by atoms with van der Waals surface area (Å²) in [7, 11) is 4.07. The predicted molar refractivity (Wildman–Crippen MR) is 140 cm³/mol. The molecule has 0 aliphatic carbocycles. The van der Waals surface area contributed by atoms with Crippen molar-refractivity contribution in [1.29, 1.82) is 0 Å². The maximum Gasteiger partial charge on any atom is 0.306 e. The number of hydrogen-bond acceptors (Lipinski definition) is 6. The molecule has 33 heavy (non-hydrogen) atoms. The Bertz CT molecular complexity index is 465. The van der Waals surface area contributed by atoms with Crippen LogP contribution in [0.1, 0.15) is 105 Å². The van der Waals surface area contributed by atoms with Crippen LogP contribution in [0.5, 0.6) is 0 Å². The molecule has 0 aliphatic rings. The van der Waals surface area contributed by atoms with E-state index < -0.39 is 0 Å². The summed E-state index contributed by atoms with van der Waals surface area (Å²) in [5.74, 6) is -0.145. The summed E-state index contributed by atoms with van der Waals surface area (Å²) in [6.07, 6.45) is 12.4. The van der Waals surface area contributed by atoms with E-state index in [0.717, 1.165) is 57.3 Å². The fourth-order valence-electron chi connectivity index (χ4n) is 3.83. The number of esters is 1. The molecular formula is C27H56N2O4. The molecule has 0 aromatic rings. The minimum atomic E-state index is -0.345. The average Bonchev–Trinajstić information content (AvgIpc) is 2.80. The smallest absolute Gasteiger partial charge is 0.306 e. The Labute approximate surface area is 205 Å². The van der Waals surface area contributed by atoms with Gasteiger partial charge in [0, 0.05) is 12.2 Å². The second-order valence-electron chi connectivity index (χ2n) is 8.72. The van der Waals surface area contributed by atoms with Gasteiger partial charge in [-0.15, -0.1) is 0 Å². The van der Waals surface area contributed by atoms with Gasteiger partial charge in [-0.3, -0.25) is 4.79 Å². The number of allylic oxidation sites excluding steroid dienone is 2. The second-order valence-corrected chi connectivity index (χ2v) is 8.72. The first-order chi connectivity index (χ1) is 15.9. The fraction of sp³-hybridized carbons (Fsp3) is 0.889. The molecule has 2 N–H and O–H groups in total. The molecule has 198 valence electrons. The SMILES string of the molecule is CC.CC/C=C(/CCC(=O)OC(CCC)CCCCCC)N(CCCN(C)C)C(CO)CO. The van der Waals surface area contributed by atoms with Gasteiger partial charge in [0.1, 0.15) is 6.10 Å². The first kappa shape index (κ1) is 34.1. The third kappa shape index (κ3) is 18.0. The summed E-state index contributed by atoms with van der Waals surface area (Å²) in [5, 5.41) is 19.5. The van der Waals surface area contributed by atoms with Crippen LogP contribution in [0, 0.1) is 0 Å². The van der Waals surface area contributed by atoms with Gasteiger partial charge in [-0.05, 0) is 59.2 Å². The highest BCUT2D eigenvalue weighted by atomic mass is 16.5. The van der Waals surface area contributed by atoms with Crippen molar-refractivity contribution in [2.45, 2.75) is 117 Å². The minimum absolute atomic E-state index is 0.0202. The van der Waals surface area contributed by atoms with Crippen molar-refractivity contribution in [3.63, 3.8) is 0 Å². The average molecular weight is 473 g/mol. The molecule has 0 amide bonds. The maximum absolute atomic E-state index is 12.6. The summed E-state index contributed by atoms with van der Waals surface area (Å²) in [5.41, 5.74) is 1.02. The molecule has 0 aromatic heterocycles. The number of nitrogens with zero attached hydrogens (tertiary/aromatic N) is 2. The van der Waals surface area contributed by atoms with Gasteiger partial charge in [-0.1, -0.05) is 66.4 Å². The zero-order valence-electron chi connectivity index (χ0n) is 22.9. The predicted octanol–water partition coefficient (Wildman–Crippen LogP) is 5.38. The first-order valence-corrected chi connectivity index (χ1v) is 13.4. The van der Waals surface area contributed by atoms with E-state index in [-0.39, 0.29) is 31.3 Å². The van der Waals surface area contributed by atoms with E-state index in [1.54, 1.807) is 0 Å². The van der Waals surface area contributed by atoms with E-state index in [9.17, 15) is 15.0 Å². The highest BCUT2D eigenvalue weighted by molar-refractivity contribution is 5.69. The van der Waals surface area contributed by atoms with Gasteiger partial charge in [-0.2, -0.15) is 0 Å². The first-order valence-electron chi connectivity index (χ1n) is 13.4. The van der Waals surface area contributed by atoms with Crippen LogP contribution in [0.15, 0.2) is 11.8 Å². The van der Waals surface area contributed by atoms with Crippen LogP contribution in [-0.4, -0.2) is 78.5 Å². The number of carbonyl (C=O) groups is 1. The molecule has 0 bridgehead atoms. The van der Waals surface area contributed by atoms with E-state index in [2.05, 4.69) is 36.6 Å². The monoisotopic (exact) mass is 472 g/mol. The van der Waals surface area contributed by atoms with Crippen LogP contribution in [-0.2, 0) is 9.53 Å². The molecule has 0 saturated heterocycles. The zero-order valence-corrected chi connectivity index (χ0v) is 22.9. The van der Waals surface area contributed by atoms with E-state index in [0.29, 0.717) is 12.8 Å². The van der Waals surface area contributed by atoms with Gasteiger partial charge in [0.05, 0.1) is 25.7 Å². The van der Waals surface area contributed by atoms with Crippen molar-refractivity contribution in [2.24, 2.45) is 0 Å². The molecule has 0 aliphatic heterocycles. The van der Waals surface area contributed by atoms with Gasteiger partial charge in [-0.25, -0.2) is 0 Å². The van der Waals surface area contributed by atoms with Crippen LogP contribution in [0.25, 0.3) is 0 Å². The highest BCUT2D eigenvalue weighted by Gasteiger charge is 2.21. The molecule has 0 heterocycles. The van der Waals surface area contributed by atoms with Crippen LogP contribution < -0.4 is 0 Å². The van der Waals surface area contributed by atoms with Crippen LogP contribution >= 0.6 is 0 Å². The number of hydrogen-bond donors (Lipinski definition) is 2. The fourth-order valence-corrected chi connectivity index (χ4v) is 3.83. The number of aliphatic hydroxyl groups excluding tert-OH is 2. The molecule has 0 saturated carbocycles. The van der Waals surface area contributed by atoms with E-state index in [4.69, 9.17) is 4.74 Å². The molecule has 6 nitrogen and oxygen atoms in total. The molecule has 0 spiro atoms. The largest absolute Gasteiger partial charge is 0.462 e. The van der Waals surface area contributed by atoms with Crippen molar-refractivity contribution >= 4 is 5.97 Å². The van der Waals surface area contributed by atoms with E-state index in [1.165, 1.54) is 19.3 Å². The lowest BCUT2D eigenvalue weighted by atomic mass is 10.1. The van der Waals surface area contributed by atoms with E-state index in [1.807, 2.05) is 27.9 Å². The summed E-state index contributed by atoms with van der Waals surface area (Å²) >= 11 is 0. The Morgan fingerprint density at radius 2 is 1.55 bits per heavy atom. The number of carbonyl (C=O) groups excluding carboxylic acids is 1. The summed E-state index contributed by atoms with van der Waals surface area (Å²) in [6.45, 7) is 11.8. The molecule has 6 heteroatoms. The molecule has 0 aromatic carbocycles. The second kappa shape index (κ2) is 24.0. The molecule has 0 radical (unpaired) electrons. The van der Waals surface area contributed by atoms with Crippen molar-refractivity contribution in [1.82, 2.24) is 9.80 Å². The topological polar surface area (TPSA) is 73.2 Å². The third-order valence-electron chi connectivity index (χ3n) is 5.55. The number of rotatable bonds is 20. The molecule has 0 fully saturated rings. The van der Waals surface area contributed by atoms with Gasteiger partial charge in [0.2, 0.25) is 0 Å².